The number of benzene rings is 2. The number of ether oxygens (including phenoxy) is 3. The Morgan fingerprint density at radius 1 is 0.852 bits per heavy atom. The highest BCUT2D eigenvalue weighted by atomic mass is 32.2. The minimum Gasteiger partial charge on any atom is -0.497 e. The van der Waals surface area contributed by atoms with E-state index < -0.39 is 28.2 Å². The number of rotatable bonds is 9. The number of sulfone groups is 1. The molecule has 0 aromatic heterocycles. The van der Waals surface area contributed by atoms with Crippen LogP contribution in [-0.4, -0.2) is 46.7 Å². The number of Topliss-reactive ketones (excluding diaryl/α,β-unsaturated/α-hetero) is 1. The third-order valence-electron chi connectivity index (χ3n) is 3.77. The van der Waals surface area contributed by atoms with Crippen LogP contribution in [0.4, 0.5) is 0 Å². The lowest BCUT2D eigenvalue weighted by molar-refractivity contribution is -0.142. The molecule has 2 rings (SSSR count). The molecule has 0 amide bonds. The number of carbonyl (C=O) groups is 2. The molecule has 7 nitrogen and oxygen atoms in total. The largest absolute Gasteiger partial charge is 0.497 e. The van der Waals surface area contributed by atoms with Crippen LogP contribution in [0.2, 0.25) is 0 Å². The third-order valence-corrected chi connectivity index (χ3v) is 5.50. The van der Waals surface area contributed by atoms with Crippen LogP contribution in [0.1, 0.15) is 16.8 Å². The van der Waals surface area contributed by atoms with E-state index in [0.717, 1.165) is 0 Å². The van der Waals surface area contributed by atoms with Gasteiger partial charge < -0.3 is 14.2 Å². The predicted octanol–water partition coefficient (Wildman–Crippen LogP) is 2.29. The number of carbonyl (C=O) groups excluding carboxylic acids is 2. The van der Waals surface area contributed by atoms with Crippen molar-refractivity contribution in [3.63, 3.8) is 0 Å². The fourth-order valence-electron chi connectivity index (χ4n) is 2.20. The van der Waals surface area contributed by atoms with Crippen molar-refractivity contribution >= 4 is 21.6 Å². The van der Waals surface area contributed by atoms with Crippen molar-refractivity contribution in [3.8, 4) is 11.5 Å². The summed E-state index contributed by atoms with van der Waals surface area (Å²) < 4.78 is 39.3. The van der Waals surface area contributed by atoms with Gasteiger partial charge in [-0.3, -0.25) is 9.59 Å². The molecule has 0 unspecified atom stereocenters. The van der Waals surface area contributed by atoms with Gasteiger partial charge in [-0.1, -0.05) is 0 Å². The van der Waals surface area contributed by atoms with Gasteiger partial charge in [0.1, 0.15) is 11.5 Å². The van der Waals surface area contributed by atoms with Gasteiger partial charge in [0.15, 0.2) is 22.2 Å². The molecule has 0 heterocycles. The lowest BCUT2D eigenvalue weighted by atomic mass is 10.1. The maximum Gasteiger partial charge on any atom is 0.307 e. The van der Waals surface area contributed by atoms with Gasteiger partial charge >= 0.3 is 5.97 Å². The number of esters is 1. The summed E-state index contributed by atoms with van der Waals surface area (Å²) in [6, 6.07) is 12.2. The Balaban J connectivity index is 1.84. The topological polar surface area (TPSA) is 96.0 Å². The quantitative estimate of drug-likeness (QED) is 0.477. The van der Waals surface area contributed by atoms with Crippen LogP contribution in [0, 0.1) is 0 Å². The fourth-order valence-corrected chi connectivity index (χ4v) is 3.42. The zero-order valence-corrected chi connectivity index (χ0v) is 15.8. The van der Waals surface area contributed by atoms with Crippen LogP contribution in [0.25, 0.3) is 0 Å². The molecular formula is C19H20O7S. The Morgan fingerprint density at radius 3 is 1.89 bits per heavy atom. The maximum absolute atomic E-state index is 12.2. The number of hydrogen-bond acceptors (Lipinski definition) is 7. The summed E-state index contributed by atoms with van der Waals surface area (Å²) in [4.78, 5) is 23.9. The van der Waals surface area contributed by atoms with Crippen LogP contribution in [-0.2, 0) is 19.4 Å². The van der Waals surface area contributed by atoms with Crippen LogP contribution in [0.5, 0.6) is 11.5 Å². The second kappa shape index (κ2) is 9.18. The van der Waals surface area contributed by atoms with E-state index in [1.807, 2.05) is 0 Å². The van der Waals surface area contributed by atoms with Gasteiger partial charge in [-0.05, 0) is 48.5 Å². The Morgan fingerprint density at radius 2 is 1.37 bits per heavy atom. The summed E-state index contributed by atoms with van der Waals surface area (Å²) in [5.41, 5.74) is 0.370. The zero-order chi connectivity index (χ0) is 19.9. The van der Waals surface area contributed by atoms with E-state index in [2.05, 4.69) is 0 Å². The molecule has 0 fully saturated rings. The molecule has 0 aliphatic carbocycles. The van der Waals surface area contributed by atoms with Gasteiger partial charge in [0.25, 0.3) is 0 Å². The number of ketones is 1. The molecule has 8 heteroatoms. The third kappa shape index (κ3) is 5.82. The van der Waals surface area contributed by atoms with Gasteiger partial charge in [0.05, 0.1) is 31.3 Å². The molecule has 27 heavy (non-hydrogen) atoms. The lowest BCUT2D eigenvalue weighted by Crippen LogP contribution is -2.17. The van der Waals surface area contributed by atoms with Crippen molar-refractivity contribution in [1.29, 1.82) is 0 Å². The number of hydrogen-bond donors (Lipinski definition) is 0. The van der Waals surface area contributed by atoms with Gasteiger partial charge in [-0.25, -0.2) is 8.42 Å². The molecule has 0 atom stereocenters. The summed E-state index contributed by atoms with van der Waals surface area (Å²) >= 11 is 0. The summed E-state index contributed by atoms with van der Waals surface area (Å²) in [5.74, 6) is -0.412. The molecule has 2 aromatic carbocycles. The molecule has 144 valence electrons. The molecule has 0 saturated carbocycles. The van der Waals surface area contributed by atoms with Crippen molar-refractivity contribution in [3.05, 3.63) is 54.1 Å². The second-order valence-electron chi connectivity index (χ2n) is 5.56. The first-order valence-corrected chi connectivity index (χ1v) is 9.70. The molecule has 0 saturated heterocycles. The van der Waals surface area contributed by atoms with Crippen molar-refractivity contribution in [2.45, 2.75) is 11.3 Å². The smallest absolute Gasteiger partial charge is 0.307 e. The molecule has 0 spiro atoms. The highest BCUT2D eigenvalue weighted by Gasteiger charge is 2.18. The summed E-state index contributed by atoms with van der Waals surface area (Å²) in [6.07, 6.45) is -0.343. The Kier molecular flexibility index (Phi) is 6.95. The van der Waals surface area contributed by atoms with E-state index in [0.29, 0.717) is 17.1 Å². The second-order valence-corrected chi connectivity index (χ2v) is 7.67. The van der Waals surface area contributed by atoms with Crippen LogP contribution in [0.15, 0.2) is 53.4 Å². The highest BCUT2D eigenvalue weighted by molar-refractivity contribution is 7.91. The first kappa shape index (κ1) is 20.4. The van der Waals surface area contributed by atoms with Crippen LogP contribution >= 0.6 is 0 Å². The van der Waals surface area contributed by atoms with E-state index >= 15 is 0 Å². The van der Waals surface area contributed by atoms with Crippen molar-refractivity contribution in [2.24, 2.45) is 0 Å². The molecule has 0 aliphatic rings. The Bertz CT molecular complexity index is 885. The van der Waals surface area contributed by atoms with E-state index in [9.17, 15) is 18.0 Å². The van der Waals surface area contributed by atoms with E-state index in [1.54, 1.807) is 24.3 Å². The fraction of sp³-hybridized carbons (Fsp3) is 0.263. The first-order chi connectivity index (χ1) is 12.9. The van der Waals surface area contributed by atoms with E-state index in [-0.39, 0.29) is 17.1 Å². The average Bonchev–Trinajstić information content (AvgIpc) is 2.70. The Hall–Kier alpha value is -2.87. The van der Waals surface area contributed by atoms with Crippen LogP contribution in [0.3, 0.4) is 0 Å². The minimum atomic E-state index is -3.63. The predicted molar refractivity (Wildman–Crippen MR) is 97.9 cm³/mol. The average molecular weight is 392 g/mol. The molecule has 2 aromatic rings. The normalized spacial score (nSPS) is 10.9. The van der Waals surface area contributed by atoms with Gasteiger partial charge in [0.2, 0.25) is 0 Å². The van der Waals surface area contributed by atoms with Crippen molar-refractivity contribution < 1.29 is 32.2 Å². The molecule has 0 bridgehead atoms. The summed E-state index contributed by atoms with van der Waals surface area (Å²) in [7, 11) is -0.643. The van der Waals surface area contributed by atoms with Gasteiger partial charge in [-0.2, -0.15) is 0 Å². The standard InChI is InChI=1S/C19H20O7S/c1-24-15-5-3-14(4-6-15)18(20)13-26-19(21)11-12-27(22,23)17-9-7-16(25-2)8-10-17/h3-10H,11-13H2,1-2H3. The maximum atomic E-state index is 12.2. The monoisotopic (exact) mass is 392 g/mol. The molecule has 0 aliphatic heterocycles. The Labute approximate surface area is 157 Å². The zero-order valence-electron chi connectivity index (χ0n) is 15.0. The molecule has 0 N–H and O–H groups in total. The van der Waals surface area contributed by atoms with Crippen molar-refractivity contribution in [1.82, 2.24) is 0 Å². The highest BCUT2D eigenvalue weighted by Crippen LogP contribution is 2.17. The number of methoxy groups -OCH3 is 2. The lowest BCUT2D eigenvalue weighted by Gasteiger charge is -2.07. The van der Waals surface area contributed by atoms with Gasteiger partial charge in [-0.15, -0.1) is 0 Å². The summed E-state index contributed by atoms with van der Waals surface area (Å²) in [6.45, 7) is -0.451. The molecular weight excluding hydrogens is 372 g/mol. The van der Waals surface area contributed by atoms with Crippen molar-refractivity contribution in [2.75, 3.05) is 26.6 Å². The minimum absolute atomic E-state index is 0.0883. The summed E-state index contributed by atoms with van der Waals surface area (Å²) in [5, 5.41) is 0. The van der Waals surface area contributed by atoms with Crippen LogP contribution < -0.4 is 9.47 Å². The van der Waals surface area contributed by atoms with E-state index in [4.69, 9.17) is 14.2 Å². The first-order valence-electron chi connectivity index (χ1n) is 8.05. The molecule has 0 radical (unpaired) electrons. The van der Waals surface area contributed by atoms with E-state index in [1.165, 1.54) is 38.5 Å². The van der Waals surface area contributed by atoms with Gasteiger partial charge in [0, 0.05) is 5.56 Å². The SMILES string of the molecule is COc1ccc(C(=O)COC(=O)CCS(=O)(=O)c2ccc(OC)cc2)cc1.